The average Bonchev–Trinajstić information content (AvgIpc) is 2.88. The van der Waals surface area contributed by atoms with Gasteiger partial charge in [0, 0.05) is 12.0 Å². The van der Waals surface area contributed by atoms with Crippen molar-refractivity contribution < 1.29 is 19.4 Å². The molecule has 1 N–H and O–H groups in total. The minimum Gasteiger partial charge on any atom is -0.433 e. The highest BCUT2D eigenvalue weighted by Crippen LogP contribution is 2.04. The Morgan fingerprint density at radius 3 is 2.43 bits per heavy atom. The van der Waals surface area contributed by atoms with Crippen LogP contribution in [-0.4, -0.2) is 30.1 Å². The highest BCUT2D eigenvalue weighted by molar-refractivity contribution is 5.86. The van der Waals surface area contributed by atoms with E-state index in [2.05, 4.69) is 18.2 Å². The molecule has 14 heavy (non-hydrogen) atoms. The zero-order chi connectivity index (χ0) is 11.1. The Labute approximate surface area is 84.5 Å². The molecule has 0 bridgehead atoms. The third kappa shape index (κ3) is 7.76. The summed E-state index contributed by atoms with van der Waals surface area (Å²) in [6, 6.07) is 0. The minimum atomic E-state index is -0.996. The van der Waals surface area contributed by atoms with E-state index >= 15 is 0 Å². The van der Waals surface area contributed by atoms with Gasteiger partial charge in [-0.3, -0.25) is 0 Å². The number of epoxide rings is 1. The SMILES string of the molecule is C=C(C)C(=O)OC(O)CC.CC1CO1. The maximum atomic E-state index is 10.6. The van der Waals surface area contributed by atoms with Crippen molar-refractivity contribution in [3.8, 4) is 0 Å². The second kappa shape index (κ2) is 6.56. The predicted octanol–water partition coefficient (Wildman–Crippen LogP) is 1.24. The van der Waals surface area contributed by atoms with Gasteiger partial charge in [-0.1, -0.05) is 13.5 Å². The van der Waals surface area contributed by atoms with Gasteiger partial charge >= 0.3 is 5.97 Å². The van der Waals surface area contributed by atoms with Crippen molar-refractivity contribution in [3.05, 3.63) is 12.2 Å². The van der Waals surface area contributed by atoms with E-state index < -0.39 is 12.3 Å². The first-order valence-electron chi connectivity index (χ1n) is 4.63. The van der Waals surface area contributed by atoms with Gasteiger partial charge in [0.15, 0.2) is 0 Å². The molecule has 0 spiro atoms. The lowest BCUT2D eigenvalue weighted by Gasteiger charge is -2.08. The Morgan fingerprint density at radius 2 is 2.21 bits per heavy atom. The molecule has 4 heteroatoms. The van der Waals surface area contributed by atoms with E-state index in [9.17, 15) is 4.79 Å². The zero-order valence-electron chi connectivity index (χ0n) is 8.95. The molecule has 1 rings (SSSR count). The maximum absolute atomic E-state index is 10.6. The standard InChI is InChI=1S/C7H12O3.C3H6O/c1-4-6(8)10-7(9)5(2)3;1-3-2-4-3/h6,8H,2,4H2,1,3H3;3H,2H2,1H3. The van der Waals surface area contributed by atoms with Crippen LogP contribution in [0.4, 0.5) is 0 Å². The number of carbonyl (C=O) groups excluding carboxylic acids is 1. The molecule has 0 aromatic rings. The molecule has 0 saturated carbocycles. The number of aliphatic hydroxyl groups is 1. The van der Waals surface area contributed by atoms with Gasteiger partial charge in [-0.05, 0) is 13.8 Å². The van der Waals surface area contributed by atoms with E-state index in [1.807, 2.05) is 0 Å². The average molecular weight is 202 g/mol. The van der Waals surface area contributed by atoms with Crippen LogP contribution in [0.5, 0.6) is 0 Å². The molecule has 0 aromatic carbocycles. The van der Waals surface area contributed by atoms with Crippen LogP contribution in [-0.2, 0) is 14.3 Å². The summed E-state index contributed by atoms with van der Waals surface area (Å²) in [6.45, 7) is 9.65. The predicted molar refractivity (Wildman–Crippen MR) is 52.6 cm³/mol. The van der Waals surface area contributed by atoms with Gasteiger partial charge in [-0.15, -0.1) is 0 Å². The third-order valence-corrected chi connectivity index (χ3v) is 1.44. The van der Waals surface area contributed by atoms with Gasteiger partial charge in [-0.2, -0.15) is 0 Å². The first kappa shape index (κ1) is 13.1. The first-order chi connectivity index (χ1) is 6.47. The van der Waals surface area contributed by atoms with E-state index in [0.717, 1.165) is 6.61 Å². The molecule has 2 unspecified atom stereocenters. The van der Waals surface area contributed by atoms with E-state index in [0.29, 0.717) is 18.1 Å². The summed E-state index contributed by atoms with van der Waals surface area (Å²) >= 11 is 0. The lowest BCUT2D eigenvalue weighted by molar-refractivity contribution is -0.162. The van der Waals surface area contributed by atoms with Crippen molar-refractivity contribution >= 4 is 5.97 Å². The number of aliphatic hydroxyl groups excluding tert-OH is 1. The summed E-state index contributed by atoms with van der Waals surface area (Å²) in [5.74, 6) is -0.547. The third-order valence-electron chi connectivity index (χ3n) is 1.44. The summed E-state index contributed by atoms with van der Waals surface area (Å²) in [4.78, 5) is 10.6. The summed E-state index contributed by atoms with van der Waals surface area (Å²) in [5, 5.41) is 8.79. The Hall–Kier alpha value is -0.870. The lowest BCUT2D eigenvalue weighted by Crippen LogP contribution is -2.16. The van der Waals surface area contributed by atoms with E-state index in [-0.39, 0.29) is 0 Å². The molecule has 0 aromatic heterocycles. The number of esters is 1. The molecule has 82 valence electrons. The van der Waals surface area contributed by atoms with E-state index in [1.165, 1.54) is 6.92 Å². The van der Waals surface area contributed by atoms with Gasteiger partial charge in [-0.25, -0.2) is 4.79 Å². The molecule has 0 radical (unpaired) electrons. The Morgan fingerprint density at radius 1 is 1.79 bits per heavy atom. The fourth-order valence-electron chi connectivity index (χ4n) is 0.404. The summed E-state index contributed by atoms with van der Waals surface area (Å²) in [5.41, 5.74) is 0.299. The molecular formula is C10H18O4. The quantitative estimate of drug-likeness (QED) is 0.324. The van der Waals surface area contributed by atoms with Gasteiger partial charge in [0.2, 0.25) is 6.29 Å². The highest BCUT2D eigenvalue weighted by atomic mass is 16.6. The van der Waals surface area contributed by atoms with Gasteiger partial charge in [0.1, 0.15) is 0 Å². The van der Waals surface area contributed by atoms with Gasteiger partial charge < -0.3 is 14.6 Å². The molecule has 1 saturated heterocycles. The van der Waals surface area contributed by atoms with Crippen LogP contribution in [0.15, 0.2) is 12.2 Å². The van der Waals surface area contributed by atoms with Gasteiger partial charge in [0.25, 0.3) is 0 Å². The normalized spacial score (nSPS) is 20.1. The van der Waals surface area contributed by atoms with Gasteiger partial charge in [0.05, 0.1) is 12.7 Å². The van der Waals surface area contributed by atoms with E-state index in [4.69, 9.17) is 9.84 Å². The topological polar surface area (TPSA) is 59.1 Å². The largest absolute Gasteiger partial charge is 0.433 e. The number of ether oxygens (including phenoxy) is 2. The van der Waals surface area contributed by atoms with Crippen molar-refractivity contribution in [1.82, 2.24) is 0 Å². The van der Waals surface area contributed by atoms with Crippen LogP contribution >= 0.6 is 0 Å². The van der Waals surface area contributed by atoms with Crippen LogP contribution in [0.25, 0.3) is 0 Å². The molecule has 0 aliphatic carbocycles. The summed E-state index contributed by atoms with van der Waals surface area (Å²) in [7, 11) is 0. The molecule has 1 aliphatic heterocycles. The van der Waals surface area contributed by atoms with Crippen LogP contribution in [0.3, 0.4) is 0 Å². The van der Waals surface area contributed by atoms with Crippen molar-refractivity contribution in [1.29, 1.82) is 0 Å². The molecule has 2 atom stereocenters. The molecule has 1 aliphatic rings. The van der Waals surface area contributed by atoms with Crippen LogP contribution in [0.1, 0.15) is 27.2 Å². The van der Waals surface area contributed by atoms with Crippen molar-refractivity contribution in [2.75, 3.05) is 6.61 Å². The Kier molecular flexibility index (Phi) is 6.16. The first-order valence-corrected chi connectivity index (χ1v) is 4.63. The number of rotatable bonds is 3. The molecule has 1 heterocycles. The van der Waals surface area contributed by atoms with Crippen LogP contribution in [0.2, 0.25) is 0 Å². The zero-order valence-corrected chi connectivity index (χ0v) is 8.95. The summed E-state index contributed by atoms with van der Waals surface area (Å²) < 4.78 is 9.19. The Balaban J connectivity index is 0.000000344. The van der Waals surface area contributed by atoms with Crippen LogP contribution in [0, 0.1) is 0 Å². The monoisotopic (exact) mass is 202 g/mol. The van der Waals surface area contributed by atoms with Crippen molar-refractivity contribution in [2.45, 2.75) is 39.6 Å². The second-order valence-corrected chi connectivity index (χ2v) is 3.19. The van der Waals surface area contributed by atoms with E-state index in [1.54, 1.807) is 6.92 Å². The van der Waals surface area contributed by atoms with Crippen molar-refractivity contribution in [3.63, 3.8) is 0 Å². The number of carbonyl (C=O) groups is 1. The lowest BCUT2D eigenvalue weighted by atomic mass is 10.3. The molecular weight excluding hydrogens is 184 g/mol. The summed E-state index contributed by atoms with van der Waals surface area (Å²) in [6.07, 6.45) is -0.0110. The van der Waals surface area contributed by atoms with Crippen molar-refractivity contribution in [2.24, 2.45) is 0 Å². The second-order valence-electron chi connectivity index (χ2n) is 3.19. The highest BCUT2D eigenvalue weighted by Gasteiger charge is 2.13. The number of hydrogen-bond donors (Lipinski definition) is 1. The fourth-order valence-corrected chi connectivity index (χ4v) is 0.404. The molecule has 0 amide bonds. The number of hydrogen-bond acceptors (Lipinski definition) is 4. The Bertz CT molecular complexity index is 196. The molecule has 4 nitrogen and oxygen atoms in total. The minimum absolute atomic E-state index is 0.299. The smallest absolute Gasteiger partial charge is 0.335 e. The molecule has 1 fully saturated rings. The fraction of sp³-hybridized carbons (Fsp3) is 0.700. The maximum Gasteiger partial charge on any atom is 0.335 e. The van der Waals surface area contributed by atoms with Crippen LogP contribution < -0.4 is 0 Å².